The first-order valence-corrected chi connectivity index (χ1v) is 11.3. The van der Waals surface area contributed by atoms with E-state index in [0.29, 0.717) is 22.5 Å². The quantitative estimate of drug-likeness (QED) is 0.342. The van der Waals surface area contributed by atoms with Crippen LogP contribution in [0.4, 0.5) is 10.1 Å². The van der Waals surface area contributed by atoms with E-state index in [9.17, 15) is 9.59 Å². The zero-order valence-electron chi connectivity index (χ0n) is 19.9. The molecular formula is C26H26FN5O4. The van der Waals surface area contributed by atoms with E-state index in [2.05, 4.69) is 15.6 Å². The number of rotatable bonds is 10. The molecule has 0 aliphatic heterocycles. The number of aromatic nitrogens is 3. The molecule has 0 saturated heterocycles. The minimum atomic E-state index is -1.29. The summed E-state index contributed by atoms with van der Waals surface area (Å²) in [6, 6.07) is 18.5. The Morgan fingerprint density at radius 3 is 2.47 bits per heavy atom. The Labute approximate surface area is 207 Å². The number of halogens is 1. The molecule has 3 aromatic carbocycles. The van der Waals surface area contributed by atoms with Crippen LogP contribution in [0.3, 0.4) is 0 Å². The summed E-state index contributed by atoms with van der Waals surface area (Å²) in [6.45, 7) is 0.235. The molecule has 9 nitrogen and oxygen atoms in total. The molecule has 0 radical (unpaired) electrons. The van der Waals surface area contributed by atoms with Gasteiger partial charge in [0.2, 0.25) is 11.8 Å². The number of amides is 2. The smallest absolute Gasteiger partial charge is 0.249 e. The number of nitrogens with zero attached hydrogens (tertiary/aromatic N) is 4. The van der Waals surface area contributed by atoms with E-state index in [1.54, 1.807) is 42.5 Å². The SMILES string of the molecule is COCCNC(=O)[C@@H](c1ccccc1F)N(C(=O)Cn1nnc2ccccc21)c1ccc(OC)cc1. The molecule has 1 atom stereocenters. The van der Waals surface area contributed by atoms with E-state index < -0.39 is 23.7 Å². The van der Waals surface area contributed by atoms with Crippen molar-refractivity contribution in [2.75, 3.05) is 32.3 Å². The summed E-state index contributed by atoms with van der Waals surface area (Å²) < 4.78 is 26.8. The molecule has 0 saturated carbocycles. The largest absolute Gasteiger partial charge is 0.497 e. The highest BCUT2D eigenvalue weighted by atomic mass is 19.1. The first-order valence-electron chi connectivity index (χ1n) is 11.3. The zero-order chi connectivity index (χ0) is 25.5. The highest BCUT2D eigenvalue weighted by molar-refractivity contribution is 6.01. The standard InChI is InChI=1S/C26H26FN5O4/c1-35-16-15-28-26(34)25(20-7-3-4-8-21(20)27)32(18-11-13-19(36-2)14-12-18)24(33)17-31-23-10-6-5-9-22(23)29-30-31/h3-14,25H,15-17H2,1-2H3,(H,28,34)/t25-/m1/s1. The van der Waals surface area contributed by atoms with Crippen LogP contribution in [-0.2, 0) is 20.9 Å². The Balaban J connectivity index is 1.79. The number of hydrogen-bond acceptors (Lipinski definition) is 6. The topological polar surface area (TPSA) is 98.6 Å². The van der Waals surface area contributed by atoms with Crippen LogP contribution in [0.1, 0.15) is 11.6 Å². The van der Waals surface area contributed by atoms with E-state index in [1.807, 2.05) is 12.1 Å². The second kappa shape index (κ2) is 11.4. The maximum absolute atomic E-state index is 15.0. The van der Waals surface area contributed by atoms with Crippen molar-refractivity contribution in [1.29, 1.82) is 0 Å². The molecule has 4 aromatic rings. The summed E-state index contributed by atoms with van der Waals surface area (Å²) in [7, 11) is 3.04. The number of methoxy groups -OCH3 is 2. The highest BCUT2D eigenvalue weighted by Gasteiger charge is 2.35. The summed E-state index contributed by atoms with van der Waals surface area (Å²) in [5.74, 6) is -1.07. The molecule has 0 aliphatic rings. The van der Waals surface area contributed by atoms with Gasteiger partial charge >= 0.3 is 0 Å². The minimum absolute atomic E-state index is 0.0556. The van der Waals surface area contributed by atoms with Gasteiger partial charge in [-0.3, -0.25) is 14.5 Å². The van der Waals surface area contributed by atoms with E-state index in [0.717, 1.165) is 0 Å². The van der Waals surface area contributed by atoms with Crippen molar-refractivity contribution in [3.05, 3.63) is 84.2 Å². The molecule has 0 bridgehead atoms. The molecule has 1 N–H and O–H groups in total. The van der Waals surface area contributed by atoms with Crippen LogP contribution in [-0.4, -0.2) is 54.2 Å². The van der Waals surface area contributed by atoms with Gasteiger partial charge in [0.25, 0.3) is 0 Å². The van der Waals surface area contributed by atoms with Gasteiger partial charge in [-0.1, -0.05) is 35.5 Å². The highest BCUT2D eigenvalue weighted by Crippen LogP contribution is 2.31. The Morgan fingerprint density at radius 2 is 1.75 bits per heavy atom. The van der Waals surface area contributed by atoms with Crippen LogP contribution in [0.2, 0.25) is 0 Å². The van der Waals surface area contributed by atoms with Gasteiger partial charge in [-0.15, -0.1) is 5.10 Å². The van der Waals surface area contributed by atoms with Crippen LogP contribution >= 0.6 is 0 Å². The summed E-state index contributed by atoms with van der Waals surface area (Å²) in [4.78, 5) is 28.6. The van der Waals surface area contributed by atoms with Crippen LogP contribution in [0.5, 0.6) is 5.75 Å². The number of fused-ring (bicyclic) bond motifs is 1. The fraction of sp³-hybridized carbons (Fsp3) is 0.231. The Kier molecular flexibility index (Phi) is 7.86. The summed E-state index contributed by atoms with van der Waals surface area (Å²) in [5.41, 5.74) is 1.73. The lowest BCUT2D eigenvalue weighted by molar-refractivity contribution is -0.127. The fourth-order valence-electron chi connectivity index (χ4n) is 3.89. The van der Waals surface area contributed by atoms with E-state index >= 15 is 4.39 Å². The number of anilines is 1. The lowest BCUT2D eigenvalue weighted by Gasteiger charge is -2.32. The molecule has 1 heterocycles. The molecule has 186 valence electrons. The molecular weight excluding hydrogens is 465 g/mol. The molecule has 10 heteroatoms. The van der Waals surface area contributed by atoms with Gasteiger partial charge in [-0.2, -0.15) is 0 Å². The third-order valence-corrected chi connectivity index (χ3v) is 5.64. The summed E-state index contributed by atoms with van der Waals surface area (Å²) in [6.07, 6.45) is 0. The average Bonchev–Trinajstić information content (AvgIpc) is 3.30. The number of hydrogen-bond donors (Lipinski definition) is 1. The monoisotopic (exact) mass is 491 g/mol. The van der Waals surface area contributed by atoms with Crippen LogP contribution in [0.25, 0.3) is 11.0 Å². The lowest BCUT2D eigenvalue weighted by Crippen LogP contribution is -2.46. The van der Waals surface area contributed by atoms with E-state index in [1.165, 1.54) is 42.0 Å². The van der Waals surface area contributed by atoms with Crippen molar-refractivity contribution >= 4 is 28.5 Å². The van der Waals surface area contributed by atoms with E-state index in [-0.39, 0.29) is 25.3 Å². The molecule has 0 spiro atoms. The van der Waals surface area contributed by atoms with Crippen molar-refractivity contribution in [3.63, 3.8) is 0 Å². The minimum Gasteiger partial charge on any atom is -0.497 e. The molecule has 0 fully saturated rings. The maximum Gasteiger partial charge on any atom is 0.249 e. The predicted molar refractivity (Wildman–Crippen MR) is 132 cm³/mol. The van der Waals surface area contributed by atoms with Crippen molar-refractivity contribution < 1.29 is 23.5 Å². The predicted octanol–water partition coefficient (Wildman–Crippen LogP) is 3.12. The third-order valence-electron chi connectivity index (χ3n) is 5.64. The first-order chi connectivity index (χ1) is 17.5. The summed E-state index contributed by atoms with van der Waals surface area (Å²) >= 11 is 0. The van der Waals surface area contributed by atoms with E-state index in [4.69, 9.17) is 9.47 Å². The van der Waals surface area contributed by atoms with Crippen molar-refractivity contribution in [3.8, 4) is 5.75 Å². The number of carbonyl (C=O) groups excluding carboxylic acids is 2. The lowest BCUT2D eigenvalue weighted by atomic mass is 10.0. The Bertz CT molecular complexity index is 1340. The number of nitrogens with one attached hydrogen (secondary N) is 1. The number of carbonyl (C=O) groups is 2. The van der Waals surface area contributed by atoms with Gasteiger partial charge in [-0.25, -0.2) is 9.07 Å². The third kappa shape index (κ3) is 5.33. The van der Waals surface area contributed by atoms with Gasteiger partial charge in [0.05, 0.1) is 19.2 Å². The fourth-order valence-corrected chi connectivity index (χ4v) is 3.89. The second-order valence-corrected chi connectivity index (χ2v) is 7.91. The molecule has 36 heavy (non-hydrogen) atoms. The molecule has 4 rings (SSSR count). The second-order valence-electron chi connectivity index (χ2n) is 7.91. The first kappa shape index (κ1) is 24.8. The molecule has 0 aliphatic carbocycles. The van der Waals surface area contributed by atoms with Crippen molar-refractivity contribution in [2.24, 2.45) is 0 Å². The number of para-hydroxylation sites is 1. The normalized spacial score (nSPS) is 11.8. The van der Waals surface area contributed by atoms with Crippen molar-refractivity contribution in [2.45, 2.75) is 12.6 Å². The molecule has 0 unspecified atom stereocenters. The van der Waals surface area contributed by atoms with Gasteiger partial charge < -0.3 is 14.8 Å². The van der Waals surface area contributed by atoms with Gasteiger partial charge in [0.15, 0.2) is 0 Å². The number of benzene rings is 3. The number of ether oxygens (including phenoxy) is 2. The van der Waals surface area contributed by atoms with Gasteiger partial charge in [-0.05, 0) is 42.5 Å². The van der Waals surface area contributed by atoms with Crippen LogP contribution in [0.15, 0.2) is 72.8 Å². The van der Waals surface area contributed by atoms with Gasteiger partial charge in [0, 0.05) is 24.9 Å². The zero-order valence-corrected chi connectivity index (χ0v) is 19.9. The van der Waals surface area contributed by atoms with Gasteiger partial charge in [0.1, 0.15) is 29.7 Å². The molecule has 1 aromatic heterocycles. The average molecular weight is 492 g/mol. The Hall–Kier alpha value is -4.31. The maximum atomic E-state index is 15.0. The molecule has 2 amide bonds. The summed E-state index contributed by atoms with van der Waals surface area (Å²) in [5, 5.41) is 10.9. The van der Waals surface area contributed by atoms with Crippen molar-refractivity contribution in [1.82, 2.24) is 20.3 Å². The van der Waals surface area contributed by atoms with Crippen LogP contribution < -0.4 is 15.0 Å². The van der Waals surface area contributed by atoms with Crippen LogP contribution in [0, 0.1) is 5.82 Å². The Morgan fingerprint density at radius 1 is 1.03 bits per heavy atom.